The SMILES string of the molecule is C[C@H](c1cc[cH-]c1P(C1CCCCC1)C1CCCCC1)P(c1ccccc1)c1ccccc1. The zero-order chi connectivity index (χ0) is 22.5. The van der Waals surface area contributed by atoms with E-state index >= 15 is 0 Å². The third-order valence-corrected chi connectivity index (χ3v) is 14.3. The van der Waals surface area contributed by atoms with Crippen LogP contribution in [-0.2, 0) is 0 Å². The molecule has 0 aromatic heterocycles. The Bertz CT molecular complexity index is 907. The van der Waals surface area contributed by atoms with E-state index in [0.717, 1.165) is 11.3 Å². The van der Waals surface area contributed by atoms with Crippen molar-refractivity contribution >= 4 is 31.8 Å². The summed E-state index contributed by atoms with van der Waals surface area (Å²) in [6, 6.07) is 30.1. The number of rotatable bonds is 7. The van der Waals surface area contributed by atoms with Crippen LogP contribution in [0.4, 0.5) is 0 Å². The minimum atomic E-state index is -0.428. The van der Waals surface area contributed by atoms with Crippen LogP contribution < -0.4 is 15.9 Å². The van der Waals surface area contributed by atoms with Crippen LogP contribution in [0, 0.1) is 0 Å². The lowest BCUT2D eigenvalue weighted by molar-refractivity contribution is 0.487. The highest BCUT2D eigenvalue weighted by molar-refractivity contribution is 7.73. The summed E-state index contributed by atoms with van der Waals surface area (Å²) < 4.78 is 0. The Morgan fingerprint density at radius 3 is 1.64 bits per heavy atom. The standard InChI is InChI=1S/C31H39P2/c1-25(32(26-15-6-2-7-16-26)27-17-8-3-9-18-27)30-23-14-24-31(30)33(28-19-10-4-11-20-28)29-21-12-5-13-22-29/h2-3,6-9,14-18,23-25,28-29H,4-5,10-13,19-22H2,1H3/q-1/t25-/m1/s1. The molecule has 0 unspecified atom stereocenters. The highest BCUT2D eigenvalue weighted by Crippen LogP contribution is 2.58. The third-order valence-electron chi connectivity index (χ3n) is 7.95. The lowest BCUT2D eigenvalue weighted by Crippen LogP contribution is -2.28. The van der Waals surface area contributed by atoms with Gasteiger partial charge >= 0.3 is 0 Å². The monoisotopic (exact) mass is 473 g/mol. The van der Waals surface area contributed by atoms with E-state index in [1.54, 1.807) is 10.9 Å². The molecule has 0 nitrogen and oxygen atoms in total. The second-order valence-corrected chi connectivity index (χ2v) is 15.4. The number of hydrogen-bond acceptors (Lipinski definition) is 0. The molecule has 0 radical (unpaired) electrons. The summed E-state index contributed by atoms with van der Waals surface area (Å²) in [4.78, 5) is 0. The predicted octanol–water partition coefficient (Wildman–Crippen LogP) is 8.37. The Morgan fingerprint density at radius 1 is 0.667 bits per heavy atom. The largest absolute Gasteiger partial charge is 0.209 e. The predicted molar refractivity (Wildman–Crippen MR) is 150 cm³/mol. The van der Waals surface area contributed by atoms with Gasteiger partial charge in [-0.2, -0.15) is 17.7 Å². The Labute approximate surface area is 204 Å². The fraction of sp³-hybridized carbons (Fsp3) is 0.452. The molecule has 3 aromatic carbocycles. The summed E-state index contributed by atoms with van der Waals surface area (Å²) in [5.74, 6) is 0. The molecule has 0 bridgehead atoms. The summed E-state index contributed by atoms with van der Waals surface area (Å²) in [5, 5.41) is 4.81. The molecule has 0 amide bonds. The molecule has 2 saturated carbocycles. The minimum Gasteiger partial charge on any atom is -0.209 e. The molecule has 33 heavy (non-hydrogen) atoms. The zero-order valence-electron chi connectivity index (χ0n) is 20.2. The molecular weight excluding hydrogens is 434 g/mol. The number of hydrogen-bond donors (Lipinski definition) is 0. The van der Waals surface area contributed by atoms with Gasteiger partial charge in [-0.1, -0.05) is 114 Å². The normalized spacial score (nSPS) is 19.2. The smallest absolute Gasteiger partial charge is 0.0186 e. The van der Waals surface area contributed by atoms with E-state index in [2.05, 4.69) is 85.8 Å². The molecule has 2 fully saturated rings. The molecule has 1 atom stereocenters. The zero-order valence-corrected chi connectivity index (χ0v) is 22.0. The van der Waals surface area contributed by atoms with Gasteiger partial charge in [0.15, 0.2) is 0 Å². The van der Waals surface area contributed by atoms with Crippen LogP contribution >= 0.6 is 15.8 Å². The van der Waals surface area contributed by atoms with Crippen molar-refractivity contribution in [1.29, 1.82) is 0 Å². The second kappa shape index (κ2) is 11.4. The van der Waals surface area contributed by atoms with Gasteiger partial charge in [0, 0.05) is 0 Å². The maximum Gasteiger partial charge on any atom is -0.0186 e. The van der Waals surface area contributed by atoms with Crippen LogP contribution in [0.2, 0.25) is 0 Å². The molecule has 0 spiro atoms. The fourth-order valence-electron chi connectivity index (χ4n) is 6.34. The van der Waals surface area contributed by atoms with E-state index in [1.807, 2.05) is 0 Å². The molecule has 3 aromatic rings. The van der Waals surface area contributed by atoms with Gasteiger partial charge in [-0.25, -0.2) is 6.07 Å². The van der Waals surface area contributed by atoms with Gasteiger partial charge in [0.1, 0.15) is 0 Å². The first-order valence-corrected chi connectivity index (χ1v) is 16.2. The van der Waals surface area contributed by atoms with Gasteiger partial charge in [-0.05, 0) is 61.2 Å². The van der Waals surface area contributed by atoms with Crippen molar-refractivity contribution < 1.29 is 0 Å². The van der Waals surface area contributed by atoms with Gasteiger partial charge in [0.2, 0.25) is 0 Å². The molecule has 0 heterocycles. The van der Waals surface area contributed by atoms with Crippen LogP contribution in [0.15, 0.2) is 78.9 Å². The average Bonchev–Trinajstić information content (AvgIpc) is 3.36. The van der Waals surface area contributed by atoms with Crippen LogP contribution in [-0.4, -0.2) is 11.3 Å². The lowest BCUT2D eigenvalue weighted by Gasteiger charge is -2.43. The summed E-state index contributed by atoms with van der Waals surface area (Å²) >= 11 is 0. The minimum absolute atomic E-state index is 0.0605. The van der Waals surface area contributed by atoms with Crippen LogP contribution in [0.25, 0.3) is 0 Å². The van der Waals surface area contributed by atoms with Crippen molar-refractivity contribution in [3.63, 3.8) is 0 Å². The van der Waals surface area contributed by atoms with E-state index in [1.165, 1.54) is 74.8 Å². The summed E-state index contributed by atoms with van der Waals surface area (Å²) in [7, 11) is -0.489. The van der Waals surface area contributed by atoms with Gasteiger partial charge in [-0.3, -0.25) is 0 Å². The molecular formula is C31H39P2-. The first kappa shape index (κ1) is 23.4. The fourth-order valence-corrected chi connectivity index (χ4v) is 13.2. The van der Waals surface area contributed by atoms with Crippen molar-refractivity contribution in [3.8, 4) is 0 Å². The maximum atomic E-state index is 2.56. The first-order chi connectivity index (χ1) is 16.3. The topological polar surface area (TPSA) is 0 Å². The van der Waals surface area contributed by atoms with Crippen molar-refractivity contribution in [3.05, 3.63) is 84.4 Å². The third kappa shape index (κ3) is 5.34. The molecule has 0 N–H and O–H groups in total. The summed E-state index contributed by atoms with van der Waals surface area (Å²) in [6.45, 7) is 2.53. The van der Waals surface area contributed by atoms with Crippen molar-refractivity contribution in [2.45, 2.75) is 88.1 Å². The molecule has 2 aliphatic carbocycles. The average molecular weight is 474 g/mol. The Balaban J connectivity index is 1.53. The Kier molecular flexibility index (Phi) is 8.07. The lowest BCUT2D eigenvalue weighted by atomic mass is 9.99. The molecule has 0 aliphatic heterocycles. The summed E-state index contributed by atoms with van der Waals surface area (Å²) in [6.07, 6.45) is 14.7. The quantitative estimate of drug-likeness (QED) is 0.239. The van der Waals surface area contributed by atoms with Gasteiger partial charge < -0.3 is 0 Å². The van der Waals surface area contributed by atoms with E-state index in [0.29, 0.717) is 5.66 Å². The first-order valence-electron chi connectivity index (χ1n) is 13.3. The Hall–Kier alpha value is -1.35. The van der Waals surface area contributed by atoms with E-state index in [9.17, 15) is 0 Å². The van der Waals surface area contributed by atoms with Gasteiger partial charge in [0.25, 0.3) is 0 Å². The van der Waals surface area contributed by atoms with Crippen molar-refractivity contribution in [2.75, 3.05) is 0 Å². The molecule has 5 rings (SSSR count). The molecule has 174 valence electrons. The van der Waals surface area contributed by atoms with Gasteiger partial charge in [-0.15, -0.1) is 5.30 Å². The Morgan fingerprint density at radius 2 is 1.15 bits per heavy atom. The maximum absolute atomic E-state index is 2.56. The van der Waals surface area contributed by atoms with Crippen LogP contribution in [0.5, 0.6) is 0 Å². The molecule has 2 heteroatoms. The van der Waals surface area contributed by atoms with Crippen LogP contribution in [0.1, 0.15) is 82.4 Å². The van der Waals surface area contributed by atoms with Crippen LogP contribution in [0.3, 0.4) is 0 Å². The summed E-state index contributed by atoms with van der Waals surface area (Å²) in [5.41, 5.74) is 4.15. The highest BCUT2D eigenvalue weighted by atomic mass is 31.1. The molecule has 2 aliphatic rings. The van der Waals surface area contributed by atoms with E-state index in [4.69, 9.17) is 0 Å². The van der Waals surface area contributed by atoms with Crippen molar-refractivity contribution in [1.82, 2.24) is 0 Å². The second-order valence-electron chi connectivity index (χ2n) is 10.1. The number of benzene rings is 2. The molecule has 0 saturated heterocycles. The van der Waals surface area contributed by atoms with Crippen molar-refractivity contribution in [2.24, 2.45) is 0 Å². The van der Waals surface area contributed by atoms with E-state index in [-0.39, 0.29) is 7.92 Å². The van der Waals surface area contributed by atoms with E-state index < -0.39 is 7.92 Å². The highest BCUT2D eigenvalue weighted by Gasteiger charge is 2.32. The van der Waals surface area contributed by atoms with Gasteiger partial charge in [0.05, 0.1) is 0 Å².